The monoisotopic (exact) mass is 566 g/mol. The third-order valence-corrected chi connectivity index (χ3v) is 8.10. The average molecular weight is 567 g/mol. The van der Waals surface area contributed by atoms with E-state index in [1.54, 1.807) is 4.57 Å². The van der Waals surface area contributed by atoms with Crippen LogP contribution in [0.2, 0.25) is 0 Å². The summed E-state index contributed by atoms with van der Waals surface area (Å²) < 4.78 is 1.71. The van der Waals surface area contributed by atoms with Gasteiger partial charge in [-0.2, -0.15) is 0 Å². The smallest absolute Gasteiger partial charge is 0.315 e. The number of para-hydroxylation sites is 2. The van der Waals surface area contributed by atoms with Crippen LogP contribution in [-0.2, 0) is 0 Å². The molecule has 42 heavy (non-hydrogen) atoms. The lowest BCUT2D eigenvalue weighted by Gasteiger charge is -2.32. The molecule has 0 aliphatic carbocycles. The first-order valence-electron chi connectivity index (χ1n) is 15.3. The largest absolute Gasteiger partial charge is 0.322 e. The van der Waals surface area contributed by atoms with E-state index in [-0.39, 0.29) is 23.4 Å². The van der Waals surface area contributed by atoms with Gasteiger partial charge < -0.3 is 10.2 Å². The Morgan fingerprint density at radius 1 is 0.905 bits per heavy atom. The van der Waals surface area contributed by atoms with Gasteiger partial charge in [0, 0.05) is 12.2 Å². The molecule has 3 aromatic carbocycles. The maximum Gasteiger partial charge on any atom is 0.322 e. The number of aromatic nitrogens is 2. The number of urea groups is 1. The normalized spacial score (nSPS) is 12.2. The van der Waals surface area contributed by atoms with Crippen LogP contribution in [0.1, 0.15) is 107 Å². The molecule has 0 aliphatic heterocycles. The number of aryl methyl sites for hydroxylation is 2. The summed E-state index contributed by atoms with van der Waals surface area (Å²) in [5.74, 6) is 1.06. The molecule has 1 heterocycles. The molecular weight excluding hydrogens is 520 g/mol. The molecule has 1 N–H and O–H groups in total. The van der Waals surface area contributed by atoms with Crippen LogP contribution in [0.15, 0.2) is 65.5 Å². The molecule has 0 spiro atoms. The summed E-state index contributed by atoms with van der Waals surface area (Å²) in [7, 11) is 0. The highest BCUT2D eigenvalue weighted by atomic mass is 16.2. The molecule has 0 saturated heterocycles. The molecule has 6 heteroatoms. The number of carbonyl (C=O) groups excluding carboxylic acids is 1. The Bertz CT molecular complexity index is 1590. The van der Waals surface area contributed by atoms with E-state index in [0.717, 1.165) is 52.9 Å². The number of amides is 2. The number of nitrogens with one attached hydrogen (secondary N) is 1. The third-order valence-electron chi connectivity index (χ3n) is 8.10. The molecule has 6 nitrogen and oxygen atoms in total. The zero-order valence-electron chi connectivity index (χ0n) is 26.5. The summed E-state index contributed by atoms with van der Waals surface area (Å²) in [6.45, 7) is 17.4. The Hall–Kier alpha value is -3.93. The molecule has 0 radical (unpaired) electrons. The van der Waals surface area contributed by atoms with Crippen molar-refractivity contribution in [3.8, 4) is 5.69 Å². The molecule has 2 amide bonds. The number of fused-ring (bicyclic) bond motifs is 1. The van der Waals surface area contributed by atoms with E-state index >= 15 is 0 Å². The number of nitrogens with zero attached hydrogens (tertiary/aromatic N) is 3. The van der Waals surface area contributed by atoms with Gasteiger partial charge in [0.2, 0.25) is 0 Å². The van der Waals surface area contributed by atoms with Crippen molar-refractivity contribution >= 4 is 22.6 Å². The van der Waals surface area contributed by atoms with Gasteiger partial charge in [0.05, 0.1) is 22.6 Å². The molecule has 222 valence electrons. The third kappa shape index (κ3) is 6.43. The number of carbonyl (C=O) groups is 1. The summed E-state index contributed by atoms with van der Waals surface area (Å²) in [5, 5.41) is 3.88. The number of benzene rings is 3. The molecule has 1 aromatic heterocycles. The number of rotatable bonds is 10. The van der Waals surface area contributed by atoms with Crippen molar-refractivity contribution < 1.29 is 4.79 Å². The first-order chi connectivity index (χ1) is 20.0. The summed E-state index contributed by atoms with van der Waals surface area (Å²) in [6.07, 6.45) is 2.91. The van der Waals surface area contributed by atoms with E-state index in [0.29, 0.717) is 23.3 Å². The summed E-state index contributed by atoms with van der Waals surface area (Å²) >= 11 is 0. The fourth-order valence-electron chi connectivity index (χ4n) is 5.74. The second-order valence-corrected chi connectivity index (χ2v) is 12.0. The molecule has 0 fully saturated rings. The molecular formula is C36H46N4O2. The van der Waals surface area contributed by atoms with Crippen molar-refractivity contribution in [3.05, 3.63) is 99.1 Å². The highest BCUT2D eigenvalue weighted by Gasteiger charge is 2.28. The highest BCUT2D eigenvalue weighted by Crippen LogP contribution is 2.33. The SMILES string of the molecule is CCCCCN(C(=O)Nc1c(C(C)C)cccc1C(C)C)C(C)c1nc2ccccc2c(=O)n1-c1ccc(C)cc1C. The highest BCUT2D eigenvalue weighted by molar-refractivity contribution is 5.92. The Labute approximate surface area is 250 Å². The fourth-order valence-corrected chi connectivity index (χ4v) is 5.74. The zero-order chi connectivity index (χ0) is 30.6. The van der Waals surface area contributed by atoms with Crippen molar-refractivity contribution in [3.63, 3.8) is 0 Å². The van der Waals surface area contributed by atoms with E-state index in [1.807, 2.05) is 62.1 Å². The van der Waals surface area contributed by atoms with E-state index < -0.39 is 6.04 Å². The van der Waals surface area contributed by atoms with Crippen LogP contribution in [0.3, 0.4) is 0 Å². The van der Waals surface area contributed by atoms with Gasteiger partial charge in [0.1, 0.15) is 5.82 Å². The minimum absolute atomic E-state index is 0.129. The van der Waals surface area contributed by atoms with Gasteiger partial charge in [-0.3, -0.25) is 9.36 Å². The van der Waals surface area contributed by atoms with Gasteiger partial charge in [0.25, 0.3) is 5.56 Å². The van der Waals surface area contributed by atoms with Crippen molar-refractivity contribution in [2.75, 3.05) is 11.9 Å². The number of anilines is 1. The summed E-state index contributed by atoms with van der Waals surface area (Å²) in [6, 6.07) is 19.1. The van der Waals surface area contributed by atoms with Crippen LogP contribution in [-0.4, -0.2) is 27.0 Å². The molecule has 1 atom stereocenters. The van der Waals surface area contributed by atoms with Crippen LogP contribution < -0.4 is 10.9 Å². The Kier molecular flexibility index (Phi) is 9.87. The Morgan fingerprint density at radius 2 is 1.57 bits per heavy atom. The number of hydrogen-bond acceptors (Lipinski definition) is 3. The number of unbranched alkanes of at least 4 members (excludes halogenated alkanes) is 2. The van der Waals surface area contributed by atoms with E-state index in [4.69, 9.17) is 4.98 Å². The van der Waals surface area contributed by atoms with E-state index in [2.05, 4.69) is 64.2 Å². The van der Waals surface area contributed by atoms with Crippen molar-refractivity contribution in [1.82, 2.24) is 14.5 Å². The topological polar surface area (TPSA) is 67.2 Å². The van der Waals surface area contributed by atoms with Gasteiger partial charge in [-0.05, 0) is 73.9 Å². The van der Waals surface area contributed by atoms with Crippen molar-refractivity contribution in [2.24, 2.45) is 0 Å². The predicted octanol–water partition coefficient (Wildman–Crippen LogP) is 9.03. The van der Waals surface area contributed by atoms with E-state index in [9.17, 15) is 9.59 Å². The van der Waals surface area contributed by atoms with Crippen LogP contribution >= 0.6 is 0 Å². The summed E-state index contributed by atoms with van der Waals surface area (Å²) in [4.78, 5) is 35.3. The van der Waals surface area contributed by atoms with Gasteiger partial charge >= 0.3 is 6.03 Å². The molecule has 1 unspecified atom stereocenters. The zero-order valence-corrected chi connectivity index (χ0v) is 26.5. The standard InChI is InChI=1S/C36H46N4O2/c1-9-10-13-21-39(36(42)38-33-28(23(2)3)16-14-17-29(33)24(4)5)27(8)34-37-31-18-12-11-15-30(31)35(41)40(34)32-20-19-25(6)22-26(32)7/h11-12,14-20,22-24,27H,9-10,13,21H2,1-8H3,(H,38,42). The van der Waals surface area contributed by atoms with Crippen LogP contribution in [0.25, 0.3) is 16.6 Å². The summed E-state index contributed by atoms with van der Waals surface area (Å²) in [5.41, 5.74) is 6.51. The predicted molar refractivity (Wildman–Crippen MR) is 175 cm³/mol. The van der Waals surface area contributed by atoms with E-state index in [1.165, 1.54) is 0 Å². The molecule has 4 rings (SSSR count). The molecule has 4 aromatic rings. The maximum atomic E-state index is 14.3. The van der Waals surface area contributed by atoms with Crippen molar-refractivity contribution in [2.45, 2.75) is 92.5 Å². The van der Waals surface area contributed by atoms with Gasteiger partial charge in [-0.15, -0.1) is 0 Å². The van der Waals surface area contributed by atoms with Crippen molar-refractivity contribution in [1.29, 1.82) is 0 Å². The van der Waals surface area contributed by atoms with Crippen LogP contribution in [0, 0.1) is 13.8 Å². The fraction of sp³-hybridized carbons (Fsp3) is 0.417. The van der Waals surface area contributed by atoms with Gasteiger partial charge in [-0.1, -0.05) is 95.5 Å². The molecule has 0 saturated carbocycles. The minimum Gasteiger partial charge on any atom is -0.315 e. The molecule has 0 bridgehead atoms. The lowest BCUT2D eigenvalue weighted by Crippen LogP contribution is -2.41. The number of hydrogen-bond donors (Lipinski definition) is 1. The Balaban J connectivity index is 1.87. The second kappa shape index (κ2) is 13.4. The van der Waals surface area contributed by atoms with Crippen LogP contribution in [0.5, 0.6) is 0 Å². The van der Waals surface area contributed by atoms with Crippen LogP contribution in [0.4, 0.5) is 10.5 Å². The average Bonchev–Trinajstić information content (AvgIpc) is 2.95. The lowest BCUT2D eigenvalue weighted by molar-refractivity contribution is 0.187. The lowest BCUT2D eigenvalue weighted by atomic mass is 9.92. The maximum absolute atomic E-state index is 14.3. The second-order valence-electron chi connectivity index (χ2n) is 12.0. The quantitative estimate of drug-likeness (QED) is 0.195. The first-order valence-corrected chi connectivity index (χ1v) is 15.3. The first kappa shape index (κ1) is 31.0. The minimum atomic E-state index is -0.464. The Morgan fingerprint density at radius 3 is 2.19 bits per heavy atom. The molecule has 0 aliphatic rings. The van der Waals surface area contributed by atoms with Gasteiger partial charge in [-0.25, -0.2) is 9.78 Å². The van der Waals surface area contributed by atoms with Gasteiger partial charge in [0.15, 0.2) is 0 Å².